The summed E-state index contributed by atoms with van der Waals surface area (Å²) in [7, 11) is 0. The van der Waals surface area contributed by atoms with E-state index in [4.69, 9.17) is 9.52 Å². The van der Waals surface area contributed by atoms with Crippen LogP contribution in [0.1, 0.15) is 29.3 Å². The number of rotatable bonds is 2. The Labute approximate surface area is 138 Å². The summed E-state index contributed by atoms with van der Waals surface area (Å²) in [5, 5.41) is 7.20. The van der Waals surface area contributed by atoms with E-state index in [1.54, 1.807) is 6.26 Å². The van der Waals surface area contributed by atoms with Crippen molar-refractivity contribution in [1.29, 1.82) is 0 Å². The molecular weight excluding hydrogens is 310 g/mol. The summed E-state index contributed by atoms with van der Waals surface area (Å²) in [6.07, 6.45) is 2.39. The molecule has 1 amide bonds. The lowest BCUT2D eigenvalue weighted by Crippen LogP contribution is -2.23. The largest absolute Gasteiger partial charge is 0.467 e. The first-order valence-electron chi connectivity index (χ1n) is 7.42. The topological polar surface area (TPSA) is 58.2 Å². The molecular formula is C17H15N3O2S. The molecule has 0 aliphatic carbocycles. The summed E-state index contributed by atoms with van der Waals surface area (Å²) in [6.45, 7) is 2.06. The number of hydrogen-bond donors (Lipinski definition) is 0. The monoisotopic (exact) mass is 325 g/mol. The summed E-state index contributed by atoms with van der Waals surface area (Å²) < 4.78 is 5.57. The lowest BCUT2D eigenvalue weighted by atomic mass is 10.0. The van der Waals surface area contributed by atoms with Crippen LogP contribution in [0.2, 0.25) is 0 Å². The molecule has 0 saturated heterocycles. The minimum absolute atomic E-state index is 0.0570. The van der Waals surface area contributed by atoms with Gasteiger partial charge in [-0.05, 0) is 24.6 Å². The van der Waals surface area contributed by atoms with Crippen LogP contribution < -0.4 is 0 Å². The molecule has 0 radical (unpaired) electrons. The van der Waals surface area contributed by atoms with Crippen molar-refractivity contribution in [2.45, 2.75) is 19.4 Å². The van der Waals surface area contributed by atoms with E-state index in [2.05, 4.69) is 36.2 Å². The average Bonchev–Trinajstić information content (AvgIpc) is 3.27. The Bertz CT molecular complexity index is 794. The SMILES string of the molecule is Cc1ccc(C2=NN(C3=NC(=O)CS3)C(c3ccco3)C2)cc1. The van der Waals surface area contributed by atoms with Crippen molar-refractivity contribution in [3.8, 4) is 0 Å². The van der Waals surface area contributed by atoms with E-state index in [0.717, 1.165) is 23.5 Å². The quantitative estimate of drug-likeness (QED) is 0.849. The third kappa shape index (κ3) is 2.70. The molecule has 0 bridgehead atoms. The predicted octanol–water partition coefficient (Wildman–Crippen LogP) is 3.37. The number of amides is 1. The number of carbonyl (C=O) groups excluding carboxylic acids is 1. The zero-order valence-corrected chi connectivity index (χ0v) is 13.4. The number of amidine groups is 1. The lowest BCUT2D eigenvalue weighted by Gasteiger charge is -2.20. The molecule has 3 heterocycles. The Hall–Kier alpha value is -2.34. The van der Waals surface area contributed by atoms with E-state index in [9.17, 15) is 4.79 Å². The molecule has 4 rings (SSSR count). The lowest BCUT2D eigenvalue weighted by molar-refractivity contribution is -0.115. The Balaban J connectivity index is 1.70. The van der Waals surface area contributed by atoms with Gasteiger partial charge in [0, 0.05) is 6.42 Å². The fourth-order valence-corrected chi connectivity index (χ4v) is 3.51. The van der Waals surface area contributed by atoms with Crippen molar-refractivity contribution in [3.05, 3.63) is 59.5 Å². The van der Waals surface area contributed by atoms with E-state index in [0.29, 0.717) is 10.9 Å². The van der Waals surface area contributed by atoms with Gasteiger partial charge in [0.15, 0.2) is 5.17 Å². The number of hydrogen-bond acceptors (Lipinski definition) is 5. The number of aryl methyl sites for hydroxylation is 1. The van der Waals surface area contributed by atoms with E-state index in [1.807, 2.05) is 17.1 Å². The molecule has 0 N–H and O–H groups in total. The van der Waals surface area contributed by atoms with Crippen LogP contribution in [0.4, 0.5) is 0 Å². The van der Waals surface area contributed by atoms with E-state index >= 15 is 0 Å². The number of nitrogens with zero attached hydrogens (tertiary/aromatic N) is 3. The van der Waals surface area contributed by atoms with Crippen LogP contribution in [-0.2, 0) is 4.79 Å². The molecule has 1 aromatic heterocycles. The highest BCUT2D eigenvalue weighted by atomic mass is 32.2. The van der Waals surface area contributed by atoms with Crippen molar-refractivity contribution in [1.82, 2.24) is 5.01 Å². The molecule has 1 unspecified atom stereocenters. The minimum Gasteiger partial charge on any atom is -0.467 e. The van der Waals surface area contributed by atoms with Crippen LogP contribution in [0.15, 0.2) is 57.2 Å². The Morgan fingerprint density at radius 1 is 1.26 bits per heavy atom. The maximum atomic E-state index is 11.5. The second-order valence-electron chi connectivity index (χ2n) is 5.57. The number of thioether (sulfide) groups is 1. The summed E-state index contributed by atoms with van der Waals surface area (Å²) in [4.78, 5) is 15.6. The second-order valence-corrected chi connectivity index (χ2v) is 6.51. The van der Waals surface area contributed by atoms with Gasteiger partial charge in [-0.3, -0.25) is 4.79 Å². The Morgan fingerprint density at radius 2 is 2.09 bits per heavy atom. The van der Waals surface area contributed by atoms with Gasteiger partial charge in [0.25, 0.3) is 5.91 Å². The standard InChI is InChI=1S/C17H15N3O2S/c1-11-4-6-12(7-5-11)13-9-14(15-3-2-8-22-15)20(19-13)17-18-16(21)10-23-17/h2-8,14H,9-10H2,1H3. The average molecular weight is 325 g/mol. The van der Waals surface area contributed by atoms with Gasteiger partial charge in [0.1, 0.15) is 11.8 Å². The van der Waals surface area contributed by atoms with E-state index in [-0.39, 0.29) is 11.9 Å². The second kappa shape index (κ2) is 5.70. The van der Waals surface area contributed by atoms with Gasteiger partial charge in [-0.15, -0.1) is 0 Å². The number of benzene rings is 1. The Morgan fingerprint density at radius 3 is 2.74 bits per heavy atom. The normalized spacial score (nSPS) is 20.8. The molecule has 116 valence electrons. The van der Waals surface area contributed by atoms with Crippen molar-refractivity contribution < 1.29 is 9.21 Å². The molecule has 5 nitrogen and oxygen atoms in total. The maximum absolute atomic E-state index is 11.5. The molecule has 2 aliphatic heterocycles. The van der Waals surface area contributed by atoms with E-state index in [1.165, 1.54) is 17.3 Å². The smallest absolute Gasteiger partial charge is 0.258 e. The summed E-state index contributed by atoms with van der Waals surface area (Å²) in [5.74, 6) is 1.10. The first-order chi connectivity index (χ1) is 11.2. The van der Waals surface area contributed by atoms with Gasteiger partial charge < -0.3 is 4.42 Å². The van der Waals surface area contributed by atoms with Gasteiger partial charge in [0.2, 0.25) is 0 Å². The number of hydrazone groups is 1. The summed E-state index contributed by atoms with van der Waals surface area (Å²) >= 11 is 1.43. The van der Waals surface area contributed by atoms with Gasteiger partial charge in [0.05, 0.1) is 17.7 Å². The van der Waals surface area contributed by atoms with Gasteiger partial charge in [-0.25, -0.2) is 5.01 Å². The maximum Gasteiger partial charge on any atom is 0.258 e. The van der Waals surface area contributed by atoms with Crippen LogP contribution in [0, 0.1) is 6.92 Å². The Kier molecular flexibility index (Phi) is 3.53. The molecule has 2 aliphatic rings. The predicted molar refractivity (Wildman–Crippen MR) is 90.5 cm³/mol. The molecule has 0 fully saturated rings. The van der Waals surface area contributed by atoms with Crippen molar-refractivity contribution in [3.63, 3.8) is 0 Å². The highest BCUT2D eigenvalue weighted by Gasteiger charge is 2.35. The molecule has 0 saturated carbocycles. The first-order valence-corrected chi connectivity index (χ1v) is 8.41. The summed E-state index contributed by atoms with van der Waals surface area (Å²) in [5.41, 5.74) is 3.28. The number of carbonyl (C=O) groups is 1. The third-order valence-electron chi connectivity index (χ3n) is 3.91. The van der Waals surface area contributed by atoms with Crippen LogP contribution in [0.5, 0.6) is 0 Å². The third-order valence-corrected chi connectivity index (χ3v) is 4.84. The zero-order chi connectivity index (χ0) is 15.8. The minimum atomic E-state index is -0.109. The van der Waals surface area contributed by atoms with Crippen molar-refractivity contribution in [2.24, 2.45) is 10.1 Å². The number of aliphatic imine (C=N–C) groups is 1. The van der Waals surface area contributed by atoms with Gasteiger partial charge >= 0.3 is 0 Å². The van der Waals surface area contributed by atoms with Gasteiger partial charge in [-0.1, -0.05) is 41.6 Å². The van der Waals surface area contributed by atoms with Crippen LogP contribution in [-0.4, -0.2) is 27.5 Å². The number of furan rings is 1. The van der Waals surface area contributed by atoms with Gasteiger partial charge in [-0.2, -0.15) is 10.1 Å². The van der Waals surface area contributed by atoms with Crippen LogP contribution >= 0.6 is 11.8 Å². The zero-order valence-electron chi connectivity index (χ0n) is 12.6. The molecule has 6 heteroatoms. The van der Waals surface area contributed by atoms with E-state index < -0.39 is 0 Å². The fourth-order valence-electron chi connectivity index (χ4n) is 2.72. The molecule has 0 spiro atoms. The highest BCUT2D eigenvalue weighted by Crippen LogP contribution is 2.36. The molecule has 1 aromatic carbocycles. The molecule has 23 heavy (non-hydrogen) atoms. The molecule has 1 atom stereocenters. The van der Waals surface area contributed by atoms with Crippen LogP contribution in [0.3, 0.4) is 0 Å². The highest BCUT2D eigenvalue weighted by molar-refractivity contribution is 8.14. The first kappa shape index (κ1) is 14.3. The van der Waals surface area contributed by atoms with Crippen molar-refractivity contribution >= 4 is 28.5 Å². The fraction of sp³-hybridized carbons (Fsp3) is 0.235. The molecule has 2 aromatic rings. The van der Waals surface area contributed by atoms with Crippen LogP contribution in [0.25, 0.3) is 0 Å². The van der Waals surface area contributed by atoms with Crippen molar-refractivity contribution in [2.75, 3.05) is 5.75 Å². The summed E-state index contributed by atoms with van der Waals surface area (Å²) in [6, 6.07) is 12.1.